The number of aromatic nitrogens is 2. The average molecular weight is 278 g/mol. The van der Waals surface area contributed by atoms with Crippen LogP contribution >= 0.6 is 0 Å². The Balaban J connectivity index is 2.77. The summed E-state index contributed by atoms with van der Waals surface area (Å²) >= 11 is 0. The monoisotopic (exact) mass is 278 g/mol. The Labute approximate surface area is 124 Å². The Morgan fingerprint density at radius 1 is 1.35 bits per heavy atom. The van der Waals surface area contributed by atoms with Gasteiger partial charge in [-0.25, -0.2) is 9.97 Å². The molecule has 0 saturated heterocycles. The molecule has 0 fully saturated rings. The number of nitrogens with one attached hydrogen (secondary N) is 1. The van der Waals surface area contributed by atoms with Gasteiger partial charge in [-0.05, 0) is 41.0 Å². The molecule has 0 radical (unpaired) electrons. The molecule has 0 spiro atoms. The first-order valence-electron chi connectivity index (χ1n) is 7.55. The molecule has 0 aromatic carbocycles. The fraction of sp³-hybridized carbons (Fsp3) is 0.750. The van der Waals surface area contributed by atoms with Gasteiger partial charge in [0, 0.05) is 42.6 Å². The summed E-state index contributed by atoms with van der Waals surface area (Å²) < 4.78 is 0. The van der Waals surface area contributed by atoms with Crippen molar-refractivity contribution >= 4 is 5.95 Å². The minimum atomic E-state index is 0.109. The number of nitrogens with zero attached hydrogens (tertiary/aromatic N) is 3. The predicted octanol–water partition coefficient (Wildman–Crippen LogP) is 3.30. The van der Waals surface area contributed by atoms with E-state index in [2.05, 4.69) is 68.8 Å². The van der Waals surface area contributed by atoms with Crippen LogP contribution < -0.4 is 10.2 Å². The van der Waals surface area contributed by atoms with Crippen LogP contribution in [0.2, 0.25) is 0 Å². The molecule has 0 amide bonds. The van der Waals surface area contributed by atoms with Gasteiger partial charge < -0.3 is 10.2 Å². The first kappa shape index (κ1) is 16.9. The molecular formula is C16H30N4. The molecule has 0 aliphatic rings. The molecule has 0 aliphatic carbocycles. The smallest absolute Gasteiger partial charge is 0.225 e. The van der Waals surface area contributed by atoms with Crippen LogP contribution in [0.3, 0.4) is 0 Å². The lowest BCUT2D eigenvalue weighted by molar-refractivity contribution is 0.423. The third kappa shape index (κ3) is 5.08. The van der Waals surface area contributed by atoms with E-state index in [4.69, 9.17) is 0 Å². The molecule has 1 aromatic rings. The summed E-state index contributed by atoms with van der Waals surface area (Å²) in [6, 6.07) is 0.470. The Morgan fingerprint density at radius 3 is 2.50 bits per heavy atom. The molecule has 4 heteroatoms. The maximum atomic E-state index is 4.65. The lowest BCUT2D eigenvalue weighted by atomic mass is 10.1. The maximum Gasteiger partial charge on any atom is 0.225 e. The van der Waals surface area contributed by atoms with Crippen molar-refractivity contribution in [2.75, 3.05) is 11.9 Å². The second kappa shape index (κ2) is 7.02. The van der Waals surface area contributed by atoms with Gasteiger partial charge in [-0.1, -0.05) is 13.3 Å². The van der Waals surface area contributed by atoms with E-state index in [9.17, 15) is 0 Å². The highest BCUT2D eigenvalue weighted by Crippen LogP contribution is 2.15. The highest BCUT2D eigenvalue weighted by molar-refractivity contribution is 5.33. The number of rotatable bonds is 6. The van der Waals surface area contributed by atoms with Gasteiger partial charge in [0.05, 0.1) is 0 Å². The van der Waals surface area contributed by atoms with E-state index in [1.54, 1.807) is 0 Å². The van der Waals surface area contributed by atoms with Gasteiger partial charge in [-0.2, -0.15) is 0 Å². The number of hydrogen-bond donors (Lipinski definition) is 1. The summed E-state index contributed by atoms with van der Waals surface area (Å²) in [7, 11) is 2.07. The molecule has 20 heavy (non-hydrogen) atoms. The van der Waals surface area contributed by atoms with Crippen molar-refractivity contribution in [2.45, 2.75) is 72.5 Å². The first-order chi connectivity index (χ1) is 9.24. The highest BCUT2D eigenvalue weighted by Gasteiger charge is 2.14. The molecule has 1 unspecified atom stereocenters. The summed E-state index contributed by atoms with van der Waals surface area (Å²) in [5, 5.41) is 3.48. The zero-order valence-corrected chi connectivity index (χ0v) is 14.1. The standard InChI is InChI=1S/C16H30N4/c1-8-9-12(2)20(7)15-17-10-14(13(3)19-15)11-18-16(4,5)6/h10,12,18H,8-9,11H2,1-7H3. The molecule has 0 saturated carbocycles. The van der Waals surface area contributed by atoms with Crippen LogP contribution in [0.5, 0.6) is 0 Å². The third-order valence-corrected chi connectivity index (χ3v) is 3.56. The van der Waals surface area contributed by atoms with Crippen molar-refractivity contribution < 1.29 is 0 Å². The van der Waals surface area contributed by atoms with Crippen molar-refractivity contribution in [3.63, 3.8) is 0 Å². The van der Waals surface area contributed by atoms with E-state index in [0.29, 0.717) is 6.04 Å². The molecule has 1 atom stereocenters. The van der Waals surface area contributed by atoms with Gasteiger partial charge in [0.15, 0.2) is 0 Å². The molecule has 114 valence electrons. The van der Waals surface area contributed by atoms with Crippen LogP contribution in [0, 0.1) is 6.92 Å². The van der Waals surface area contributed by atoms with E-state index >= 15 is 0 Å². The third-order valence-electron chi connectivity index (χ3n) is 3.56. The molecule has 1 rings (SSSR count). The van der Waals surface area contributed by atoms with E-state index in [1.807, 2.05) is 6.20 Å². The summed E-state index contributed by atoms with van der Waals surface area (Å²) in [4.78, 5) is 11.3. The van der Waals surface area contributed by atoms with Crippen LogP contribution in [-0.4, -0.2) is 28.6 Å². The van der Waals surface area contributed by atoms with Crippen molar-refractivity contribution in [3.05, 3.63) is 17.5 Å². The van der Waals surface area contributed by atoms with Gasteiger partial charge in [0.2, 0.25) is 5.95 Å². The molecule has 1 aromatic heterocycles. The molecular weight excluding hydrogens is 248 g/mol. The number of hydrogen-bond acceptors (Lipinski definition) is 4. The van der Waals surface area contributed by atoms with Crippen molar-refractivity contribution in [3.8, 4) is 0 Å². The minimum Gasteiger partial charge on any atom is -0.341 e. The Hall–Kier alpha value is -1.16. The fourth-order valence-electron chi connectivity index (χ4n) is 1.99. The first-order valence-corrected chi connectivity index (χ1v) is 7.55. The summed E-state index contributed by atoms with van der Waals surface area (Å²) in [6.45, 7) is 13.8. The quantitative estimate of drug-likeness (QED) is 0.867. The highest BCUT2D eigenvalue weighted by atomic mass is 15.2. The van der Waals surface area contributed by atoms with Crippen LogP contribution in [0.25, 0.3) is 0 Å². The van der Waals surface area contributed by atoms with Crippen molar-refractivity contribution in [2.24, 2.45) is 0 Å². The SMILES string of the molecule is CCCC(C)N(C)c1ncc(CNC(C)(C)C)c(C)n1. The van der Waals surface area contributed by atoms with E-state index in [0.717, 1.165) is 24.6 Å². The molecule has 1 heterocycles. The molecule has 0 aliphatic heterocycles. The normalized spacial score (nSPS) is 13.3. The van der Waals surface area contributed by atoms with Gasteiger partial charge >= 0.3 is 0 Å². The predicted molar refractivity (Wildman–Crippen MR) is 86.1 cm³/mol. The minimum absolute atomic E-state index is 0.109. The van der Waals surface area contributed by atoms with Crippen molar-refractivity contribution in [1.29, 1.82) is 0 Å². The van der Waals surface area contributed by atoms with Crippen LogP contribution in [0.4, 0.5) is 5.95 Å². The Kier molecular flexibility index (Phi) is 5.93. The lowest BCUT2D eigenvalue weighted by Crippen LogP contribution is -2.35. The van der Waals surface area contributed by atoms with E-state index < -0.39 is 0 Å². The van der Waals surface area contributed by atoms with Gasteiger partial charge in [0.1, 0.15) is 0 Å². The number of anilines is 1. The zero-order valence-electron chi connectivity index (χ0n) is 14.1. The average Bonchev–Trinajstić information content (AvgIpc) is 2.35. The number of aryl methyl sites for hydroxylation is 1. The Bertz CT molecular complexity index is 423. The van der Waals surface area contributed by atoms with Gasteiger partial charge in [-0.3, -0.25) is 0 Å². The van der Waals surface area contributed by atoms with E-state index in [-0.39, 0.29) is 5.54 Å². The summed E-state index contributed by atoms with van der Waals surface area (Å²) in [5.74, 6) is 0.822. The molecule has 1 N–H and O–H groups in total. The maximum absolute atomic E-state index is 4.65. The zero-order chi connectivity index (χ0) is 15.3. The Morgan fingerprint density at radius 2 is 2.00 bits per heavy atom. The molecule has 0 bridgehead atoms. The second-order valence-electron chi connectivity index (χ2n) is 6.63. The topological polar surface area (TPSA) is 41.1 Å². The second-order valence-corrected chi connectivity index (χ2v) is 6.63. The lowest BCUT2D eigenvalue weighted by Gasteiger charge is -2.25. The van der Waals surface area contributed by atoms with Crippen LogP contribution in [-0.2, 0) is 6.54 Å². The van der Waals surface area contributed by atoms with Gasteiger partial charge in [0.25, 0.3) is 0 Å². The van der Waals surface area contributed by atoms with Gasteiger partial charge in [-0.15, -0.1) is 0 Å². The fourth-order valence-corrected chi connectivity index (χ4v) is 1.99. The van der Waals surface area contributed by atoms with Crippen molar-refractivity contribution in [1.82, 2.24) is 15.3 Å². The van der Waals surface area contributed by atoms with Crippen LogP contribution in [0.15, 0.2) is 6.20 Å². The summed E-state index contributed by atoms with van der Waals surface area (Å²) in [6.07, 6.45) is 4.29. The van der Waals surface area contributed by atoms with Crippen LogP contribution in [0.1, 0.15) is 58.7 Å². The van der Waals surface area contributed by atoms with E-state index in [1.165, 1.54) is 12.0 Å². The largest absolute Gasteiger partial charge is 0.341 e. The molecule has 4 nitrogen and oxygen atoms in total. The summed E-state index contributed by atoms with van der Waals surface area (Å²) in [5.41, 5.74) is 2.33.